The second kappa shape index (κ2) is 6.36. The Hall–Kier alpha value is -1.84. The molecule has 0 radical (unpaired) electrons. The van der Waals surface area contributed by atoms with Crippen LogP contribution in [0.1, 0.15) is 30.5 Å². The Labute approximate surface area is 114 Å². The lowest BCUT2D eigenvalue weighted by molar-refractivity contribution is -0.150. The number of benzene rings is 1. The lowest BCUT2D eigenvalue weighted by Gasteiger charge is -2.13. The smallest absolute Gasteiger partial charge is 0.308 e. The number of carbonyl (C=O) groups excluding carboxylic acids is 2. The van der Waals surface area contributed by atoms with E-state index in [-0.39, 0.29) is 24.4 Å². The van der Waals surface area contributed by atoms with Crippen molar-refractivity contribution in [3.05, 3.63) is 28.8 Å². The molecule has 0 saturated carbocycles. The van der Waals surface area contributed by atoms with Crippen LogP contribution in [0.3, 0.4) is 0 Å². The summed E-state index contributed by atoms with van der Waals surface area (Å²) in [5.74, 6) is -0.910. The van der Waals surface area contributed by atoms with Crippen LogP contribution in [0.15, 0.2) is 12.1 Å². The van der Waals surface area contributed by atoms with Crippen molar-refractivity contribution in [2.75, 3.05) is 11.9 Å². The molecule has 1 aromatic rings. The number of rotatable bonds is 4. The SMILES string of the molecule is Cc1cc(C)c(NC(=O)COC(=O)C(C)C)c(C)c1. The van der Waals surface area contributed by atoms with Crippen molar-refractivity contribution in [2.45, 2.75) is 34.6 Å². The minimum atomic E-state index is -0.368. The summed E-state index contributed by atoms with van der Waals surface area (Å²) in [5, 5.41) is 2.78. The van der Waals surface area contributed by atoms with E-state index in [4.69, 9.17) is 4.74 Å². The molecule has 0 atom stereocenters. The fourth-order valence-electron chi connectivity index (χ4n) is 1.86. The first-order chi connectivity index (χ1) is 8.81. The molecule has 0 aliphatic carbocycles. The monoisotopic (exact) mass is 263 g/mol. The fraction of sp³-hybridized carbons (Fsp3) is 0.467. The van der Waals surface area contributed by atoms with E-state index in [2.05, 4.69) is 5.32 Å². The van der Waals surface area contributed by atoms with Crippen molar-refractivity contribution in [3.63, 3.8) is 0 Å². The van der Waals surface area contributed by atoms with Gasteiger partial charge in [-0.2, -0.15) is 0 Å². The van der Waals surface area contributed by atoms with Crippen LogP contribution in [0.25, 0.3) is 0 Å². The van der Waals surface area contributed by atoms with Crippen LogP contribution < -0.4 is 5.32 Å². The van der Waals surface area contributed by atoms with Gasteiger partial charge >= 0.3 is 5.97 Å². The minimum absolute atomic E-state index is 0.226. The standard InChI is InChI=1S/C15H21NO3/c1-9(2)15(18)19-8-13(17)16-14-11(4)6-10(3)7-12(14)5/h6-7,9H,8H2,1-5H3,(H,16,17). The number of hydrogen-bond donors (Lipinski definition) is 1. The van der Waals surface area contributed by atoms with Gasteiger partial charge in [-0.25, -0.2) is 0 Å². The lowest BCUT2D eigenvalue weighted by Crippen LogP contribution is -2.23. The molecule has 1 aromatic carbocycles. The Balaban J connectivity index is 2.65. The van der Waals surface area contributed by atoms with Gasteiger partial charge in [-0.1, -0.05) is 31.5 Å². The maximum absolute atomic E-state index is 11.7. The molecule has 19 heavy (non-hydrogen) atoms. The third-order valence-corrected chi connectivity index (χ3v) is 2.76. The molecule has 0 aromatic heterocycles. The lowest BCUT2D eigenvalue weighted by atomic mass is 10.1. The average molecular weight is 263 g/mol. The maximum Gasteiger partial charge on any atom is 0.308 e. The number of ether oxygens (including phenoxy) is 1. The second-order valence-corrected chi connectivity index (χ2v) is 5.08. The Kier molecular flexibility index (Phi) is 5.10. The van der Waals surface area contributed by atoms with E-state index in [1.807, 2.05) is 32.9 Å². The largest absolute Gasteiger partial charge is 0.455 e. The van der Waals surface area contributed by atoms with E-state index < -0.39 is 0 Å². The zero-order chi connectivity index (χ0) is 14.6. The van der Waals surface area contributed by atoms with Crippen molar-refractivity contribution in [1.29, 1.82) is 0 Å². The number of esters is 1. The van der Waals surface area contributed by atoms with Gasteiger partial charge in [0.25, 0.3) is 5.91 Å². The van der Waals surface area contributed by atoms with Crippen LogP contribution in [-0.2, 0) is 14.3 Å². The summed E-state index contributed by atoms with van der Waals surface area (Å²) in [7, 11) is 0. The van der Waals surface area contributed by atoms with E-state index in [1.54, 1.807) is 13.8 Å². The molecule has 4 nitrogen and oxygen atoms in total. The highest BCUT2D eigenvalue weighted by Gasteiger charge is 2.13. The summed E-state index contributed by atoms with van der Waals surface area (Å²) in [6.07, 6.45) is 0. The van der Waals surface area contributed by atoms with Gasteiger partial charge < -0.3 is 10.1 Å². The number of amides is 1. The van der Waals surface area contributed by atoms with E-state index in [1.165, 1.54) is 0 Å². The summed E-state index contributed by atoms with van der Waals surface area (Å²) in [6.45, 7) is 9.11. The Morgan fingerprint density at radius 2 is 1.68 bits per heavy atom. The maximum atomic E-state index is 11.7. The van der Waals surface area contributed by atoms with Crippen molar-refractivity contribution < 1.29 is 14.3 Å². The summed E-state index contributed by atoms with van der Waals surface area (Å²) < 4.78 is 4.89. The normalized spacial score (nSPS) is 10.4. The van der Waals surface area contributed by atoms with Crippen molar-refractivity contribution >= 4 is 17.6 Å². The van der Waals surface area contributed by atoms with Crippen LogP contribution in [0, 0.1) is 26.7 Å². The third-order valence-electron chi connectivity index (χ3n) is 2.76. The van der Waals surface area contributed by atoms with Gasteiger partial charge in [-0.3, -0.25) is 9.59 Å². The van der Waals surface area contributed by atoms with Crippen LogP contribution >= 0.6 is 0 Å². The molecule has 0 fully saturated rings. The molecular formula is C15H21NO3. The summed E-state index contributed by atoms with van der Waals surface area (Å²) >= 11 is 0. The molecule has 1 amide bonds. The number of carbonyl (C=O) groups is 2. The van der Waals surface area contributed by atoms with Gasteiger partial charge in [0, 0.05) is 5.69 Å². The van der Waals surface area contributed by atoms with Crippen molar-refractivity contribution in [1.82, 2.24) is 0 Å². The van der Waals surface area contributed by atoms with Gasteiger partial charge in [0.05, 0.1) is 5.92 Å². The van der Waals surface area contributed by atoms with Gasteiger partial charge in [0.2, 0.25) is 0 Å². The second-order valence-electron chi connectivity index (χ2n) is 5.08. The summed E-state index contributed by atoms with van der Waals surface area (Å²) in [5.41, 5.74) is 3.94. The van der Waals surface area contributed by atoms with E-state index >= 15 is 0 Å². The molecule has 0 saturated heterocycles. The van der Waals surface area contributed by atoms with Gasteiger partial charge in [0.15, 0.2) is 6.61 Å². The van der Waals surface area contributed by atoms with Crippen LogP contribution in [0.2, 0.25) is 0 Å². The predicted octanol–water partition coefficient (Wildman–Crippen LogP) is 2.75. The van der Waals surface area contributed by atoms with Gasteiger partial charge in [-0.15, -0.1) is 0 Å². The van der Waals surface area contributed by atoms with Gasteiger partial charge in [0.1, 0.15) is 0 Å². The third kappa shape index (κ3) is 4.39. The highest BCUT2D eigenvalue weighted by Crippen LogP contribution is 2.21. The zero-order valence-electron chi connectivity index (χ0n) is 12.2. The Bertz CT molecular complexity index is 469. The van der Waals surface area contributed by atoms with Crippen molar-refractivity contribution in [3.8, 4) is 0 Å². The van der Waals surface area contributed by atoms with E-state index in [0.717, 1.165) is 22.4 Å². The minimum Gasteiger partial charge on any atom is -0.455 e. The highest BCUT2D eigenvalue weighted by atomic mass is 16.5. The topological polar surface area (TPSA) is 55.4 Å². The molecule has 0 spiro atoms. The Morgan fingerprint density at radius 3 is 2.16 bits per heavy atom. The first-order valence-corrected chi connectivity index (χ1v) is 6.35. The van der Waals surface area contributed by atoms with Crippen molar-refractivity contribution in [2.24, 2.45) is 5.92 Å². The first-order valence-electron chi connectivity index (χ1n) is 6.35. The number of nitrogens with one attached hydrogen (secondary N) is 1. The molecule has 0 aliphatic rings. The molecule has 0 bridgehead atoms. The molecule has 0 unspecified atom stereocenters. The fourth-order valence-corrected chi connectivity index (χ4v) is 1.86. The zero-order valence-corrected chi connectivity index (χ0v) is 12.2. The first kappa shape index (κ1) is 15.2. The van der Waals surface area contributed by atoms with Crippen LogP contribution in [0.5, 0.6) is 0 Å². The molecular weight excluding hydrogens is 242 g/mol. The quantitative estimate of drug-likeness (QED) is 0.850. The van der Waals surface area contributed by atoms with E-state index in [0.29, 0.717) is 0 Å². The summed E-state index contributed by atoms with van der Waals surface area (Å²) in [6, 6.07) is 4.01. The predicted molar refractivity (Wildman–Crippen MR) is 75.1 cm³/mol. The molecule has 1 N–H and O–H groups in total. The number of anilines is 1. The average Bonchev–Trinajstić information content (AvgIpc) is 2.30. The van der Waals surface area contributed by atoms with E-state index in [9.17, 15) is 9.59 Å². The molecule has 0 aliphatic heterocycles. The number of aryl methyl sites for hydroxylation is 3. The van der Waals surface area contributed by atoms with Crippen LogP contribution in [-0.4, -0.2) is 18.5 Å². The Morgan fingerprint density at radius 1 is 1.16 bits per heavy atom. The molecule has 1 rings (SSSR count). The molecule has 0 heterocycles. The number of hydrogen-bond acceptors (Lipinski definition) is 3. The molecule has 104 valence electrons. The van der Waals surface area contributed by atoms with Crippen LogP contribution in [0.4, 0.5) is 5.69 Å². The molecule has 4 heteroatoms. The van der Waals surface area contributed by atoms with Gasteiger partial charge in [-0.05, 0) is 31.9 Å². The summed E-state index contributed by atoms with van der Waals surface area (Å²) in [4.78, 5) is 23.0. The highest BCUT2D eigenvalue weighted by molar-refractivity contribution is 5.94.